The first-order chi connectivity index (χ1) is 7.19. The molecule has 0 amide bonds. The Morgan fingerprint density at radius 3 is 2.87 bits per heavy atom. The standard InChI is InChI=1S/C11H15NO2S/c1-8-4-5-9(15-8)11(10(13)14-2)6-3-7-12-11/h4-5,12H,3,6-7H2,1-2H3. The molecule has 4 heteroatoms. The molecular weight excluding hydrogens is 210 g/mol. The molecule has 1 aromatic rings. The number of carbonyl (C=O) groups is 1. The fourth-order valence-corrected chi connectivity index (χ4v) is 3.12. The Hall–Kier alpha value is -0.870. The summed E-state index contributed by atoms with van der Waals surface area (Å²) in [7, 11) is 1.45. The van der Waals surface area contributed by atoms with Crippen LogP contribution in [0.4, 0.5) is 0 Å². The fraction of sp³-hybridized carbons (Fsp3) is 0.545. The zero-order valence-electron chi connectivity index (χ0n) is 9.00. The normalized spacial score (nSPS) is 25.5. The maximum absolute atomic E-state index is 11.9. The number of hydrogen-bond acceptors (Lipinski definition) is 4. The first-order valence-corrected chi connectivity index (χ1v) is 5.91. The van der Waals surface area contributed by atoms with E-state index < -0.39 is 5.54 Å². The first kappa shape index (κ1) is 10.6. The summed E-state index contributed by atoms with van der Waals surface area (Å²) in [6.07, 6.45) is 1.85. The second-order valence-corrected chi connectivity index (χ2v) is 5.13. The molecule has 1 N–H and O–H groups in total. The highest BCUT2D eigenvalue weighted by atomic mass is 32.1. The SMILES string of the molecule is COC(=O)C1(c2ccc(C)s2)CCCN1. The molecule has 82 valence electrons. The minimum atomic E-state index is -0.576. The van der Waals surface area contributed by atoms with E-state index in [-0.39, 0.29) is 5.97 Å². The van der Waals surface area contributed by atoms with E-state index in [1.165, 1.54) is 12.0 Å². The van der Waals surface area contributed by atoms with Gasteiger partial charge in [0.1, 0.15) is 0 Å². The van der Waals surface area contributed by atoms with Crippen molar-refractivity contribution in [3.63, 3.8) is 0 Å². The molecule has 2 heterocycles. The Morgan fingerprint density at radius 1 is 1.60 bits per heavy atom. The van der Waals surface area contributed by atoms with Crippen LogP contribution in [0.2, 0.25) is 0 Å². The Labute approximate surface area is 93.4 Å². The van der Waals surface area contributed by atoms with E-state index in [0.29, 0.717) is 0 Å². The van der Waals surface area contributed by atoms with Crippen LogP contribution in [-0.2, 0) is 15.1 Å². The summed E-state index contributed by atoms with van der Waals surface area (Å²) in [5.41, 5.74) is -0.576. The number of thiophene rings is 1. The van der Waals surface area contributed by atoms with Crippen molar-refractivity contribution in [2.75, 3.05) is 13.7 Å². The summed E-state index contributed by atoms with van der Waals surface area (Å²) in [4.78, 5) is 14.2. The predicted octanol–water partition coefficient (Wildman–Crippen LogP) is 1.81. The van der Waals surface area contributed by atoms with Gasteiger partial charge in [-0.25, -0.2) is 4.79 Å². The molecule has 1 fully saturated rings. The highest BCUT2D eigenvalue weighted by Gasteiger charge is 2.44. The molecule has 1 aliphatic rings. The lowest BCUT2D eigenvalue weighted by Gasteiger charge is -2.24. The van der Waals surface area contributed by atoms with Gasteiger partial charge in [-0.15, -0.1) is 11.3 Å². The maximum Gasteiger partial charge on any atom is 0.331 e. The minimum Gasteiger partial charge on any atom is -0.467 e. The van der Waals surface area contributed by atoms with Crippen LogP contribution in [0.15, 0.2) is 12.1 Å². The molecule has 0 aliphatic carbocycles. The van der Waals surface area contributed by atoms with E-state index in [4.69, 9.17) is 4.74 Å². The van der Waals surface area contributed by atoms with E-state index in [2.05, 4.69) is 5.32 Å². The van der Waals surface area contributed by atoms with Crippen LogP contribution in [0.1, 0.15) is 22.6 Å². The van der Waals surface area contributed by atoms with Gasteiger partial charge in [-0.05, 0) is 38.4 Å². The van der Waals surface area contributed by atoms with Gasteiger partial charge < -0.3 is 4.74 Å². The lowest BCUT2D eigenvalue weighted by Crippen LogP contribution is -2.44. The van der Waals surface area contributed by atoms with Crippen LogP contribution in [0, 0.1) is 6.92 Å². The molecule has 1 atom stereocenters. The number of aryl methyl sites for hydroxylation is 1. The van der Waals surface area contributed by atoms with Gasteiger partial charge in [-0.2, -0.15) is 0 Å². The van der Waals surface area contributed by atoms with Gasteiger partial charge in [0.15, 0.2) is 5.54 Å². The molecule has 3 nitrogen and oxygen atoms in total. The van der Waals surface area contributed by atoms with Crippen LogP contribution in [-0.4, -0.2) is 19.6 Å². The summed E-state index contributed by atoms with van der Waals surface area (Å²) in [5.74, 6) is -0.165. The van der Waals surface area contributed by atoms with Gasteiger partial charge >= 0.3 is 5.97 Å². The molecule has 2 rings (SSSR count). The summed E-state index contributed by atoms with van der Waals surface area (Å²) >= 11 is 1.66. The molecule has 1 unspecified atom stereocenters. The second kappa shape index (κ2) is 3.94. The number of carbonyl (C=O) groups excluding carboxylic acids is 1. The van der Waals surface area contributed by atoms with Crippen LogP contribution in [0.3, 0.4) is 0 Å². The van der Waals surface area contributed by atoms with E-state index in [9.17, 15) is 4.79 Å². The smallest absolute Gasteiger partial charge is 0.331 e. The van der Waals surface area contributed by atoms with Gasteiger partial charge in [0, 0.05) is 9.75 Å². The lowest BCUT2D eigenvalue weighted by atomic mass is 9.95. The number of ether oxygens (including phenoxy) is 1. The van der Waals surface area contributed by atoms with Crippen LogP contribution in [0.25, 0.3) is 0 Å². The van der Waals surface area contributed by atoms with Crippen molar-refractivity contribution in [1.82, 2.24) is 5.32 Å². The van der Waals surface area contributed by atoms with Crippen molar-refractivity contribution in [2.45, 2.75) is 25.3 Å². The Bertz CT molecular complexity index is 366. The zero-order chi connectivity index (χ0) is 10.9. The van der Waals surface area contributed by atoms with Crippen LogP contribution < -0.4 is 5.32 Å². The van der Waals surface area contributed by atoms with Crippen molar-refractivity contribution < 1.29 is 9.53 Å². The van der Waals surface area contributed by atoms with Crippen molar-refractivity contribution in [1.29, 1.82) is 0 Å². The third kappa shape index (κ3) is 1.68. The second-order valence-electron chi connectivity index (χ2n) is 3.84. The maximum atomic E-state index is 11.9. The van der Waals surface area contributed by atoms with Crippen LogP contribution in [0.5, 0.6) is 0 Å². The summed E-state index contributed by atoms with van der Waals surface area (Å²) in [6, 6.07) is 4.07. The van der Waals surface area contributed by atoms with Crippen molar-refractivity contribution in [3.05, 3.63) is 21.9 Å². The molecule has 0 bridgehead atoms. The van der Waals surface area contributed by atoms with Gasteiger partial charge in [-0.3, -0.25) is 5.32 Å². The highest BCUT2D eigenvalue weighted by Crippen LogP contribution is 2.36. The number of methoxy groups -OCH3 is 1. The number of rotatable bonds is 2. The largest absolute Gasteiger partial charge is 0.467 e. The predicted molar refractivity (Wildman–Crippen MR) is 60.0 cm³/mol. The van der Waals surface area contributed by atoms with Crippen molar-refractivity contribution >= 4 is 17.3 Å². The Morgan fingerprint density at radius 2 is 2.40 bits per heavy atom. The Kier molecular flexibility index (Phi) is 2.80. The topological polar surface area (TPSA) is 38.3 Å². The third-order valence-corrected chi connectivity index (χ3v) is 4.01. The molecule has 0 saturated carbocycles. The fourth-order valence-electron chi connectivity index (χ4n) is 2.07. The molecule has 1 aliphatic heterocycles. The van der Waals surface area contributed by atoms with E-state index >= 15 is 0 Å². The summed E-state index contributed by atoms with van der Waals surface area (Å²) in [5, 5.41) is 3.29. The van der Waals surface area contributed by atoms with E-state index in [0.717, 1.165) is 24.3 Å². The van der Waals surface area contributed by atoms with E-state index in [1.54, 1.807) is 11.3 Å². The highest BCUT2D eigenvalue weighted by molar-refractivity contribution is 7.12. The number of nitrogens with one attached hydrogen (secondary N) is 1. The number of esters is 1. The monoisotopic (exact) mass is 225 g/mol. The Balaban J connectivity index is 2.38. The van der Waals surface area contributed by atoms with Crippen molar-refractivity contribution in [2.24, 2.45) is 0 Å². The zero-order valence-corrected chi connectivity index (χ0v) is 9.82. The minimum absolute atomic E-state index is 0.165. The first-order valence-electron chi connectivity index (χ1n) is 5.09. The summed E-state index contributed by atoms with van der Waals surface area (Å²) in [6.45, 7) is 2.93. The molecule has 15 heavy (non-hydrogen) atoms. The molecular formula is C11H15NO2S. The molecule has 0 aromatic carbocycles. The van der Waals surface area contributed by atoms with Gasteiger partial charge in [0.05, 0.1) is 7.11 Å². The van der Waals surface area contributed by atoms with Crippen molar-refractivity contribution in [3.8, 4) is 0 Å². The molecule has 0 spiro atoms. The van der Waals surface area contributed by atoms with Crippen LogP contribution >= 0.6 is 11.3 Å². The molecule has 0 radical (unpaired) electrons. The average molecular weight is 225 g/mol. The number of hydrogen-bond donors (Lipinski definition) is 1. The van der Waals surface area contributed by atoms with Gasteiger partial charge in [0.2, 0.25) is 0 Å². The lowest BCUT2D eigenvalue weighted by molar-refractivity contribution is -0.148. The molecule has 1 saturated heterocycles. The quantitative estimate of drug-likeness (QED) is 0.780. The average Bonchev–Trinajstić information content (AvgIpc) is 2.85. The summed E-state index contributed by atoms with van der Waals surface area (Å²) < 4.78 is 4.91. The molecule has 1 aromatic heterocycles. The third-order valence-electron chi connectivity index (χ3n) is 2.85. The van der Waals surface area contributed by atoms with Gasteiger partial charge in [0.25, 0.3) is 0 Å². The van der Waals surface area contributed by atoms with E-state index in [1.807, 2.05) is 19.1 Å². The van der Waals surface area contributed by atoms with Gasteiger partial charge in [-0.1, -0.05) is 0 Å².